The SMILES string of the molecule is O=C(O)C12CC1CN(C1CCOCC1)C2. The second kappa shape index (κ2) is 3.19. The summed E-state index contributed by atoms with van der Waals surface area (Å²) in [6, 6.07) is 0.572. The van der Waals surface area contributed by atoms with Crippen LogP contribution < -0.4 is 0 Å². The third-order valence-corrected chi connectivity index (χ3v) is 4.31. The minimum atomic E-state index is -0.581. The van der Waals surface area contributed by atoms with Crippen molar-refractivity contribution in [2.45, 2.75) is 25.3 Å². The summed E-state index contributed by atoms with van der Waals surface area (Å²) in [6.07, 6.45) is 3.05. The molecule has 3 rings (SSSR count). The molecule has 84 valence electrons. The Morgan fingerprint density at radius 2 is 2.13 bits per heavy atom. The lowest BCUT2D eigenvalue weighted by Gasteiger charge is -2.32. The lowest BCUT2D eigenvalue weighted by Crippen LogP contribution is -2.40. The Hall–Kier alpha value is -0.610. The van der Waals surface area contributed by atoms with Crippen molar-refractivity contribution in [3.8, 4) is 0 Å². The highest BCUT2D eigenvalue weighted by Gasteiger charge is 2.65. The average Bonchev–Trinajstić information content (AvgIpc) is 2.84. The van der Waals surface area contributed by atoms with Gasteiger partial charge in [0.15, 0.2) is 0 Å². The Morgan fingerprint density at radius 1 is 1.40 bits per heavy atom. The predicted molar refractivity (Wildman–Crippen MR) is 53.6 cm³/mol. The van der Waals surface area contributed by atoms with Crippen LogP contribution in [0.5, 0.6) is 0 Å². The summed E-state index contributed by atoms with van der Waals surface area (Å²) in [6.45, 7) is 3.45. The van der Waals surface area contributed by atoms with Gasteiger partial charge in [-0.1, -0.05) is 0 Å². The Balaban J connectivity index is 1.64. The maximum absolute atomic E-state index is 11.1. The van der Waals surface area contributed by atoms with Gasteiger partial charge in [0.05, 0.1) is 5.41 Å². The highest BCUT2D eigenvalue weighted by atomic mass is 16.5. The molecule has 1 saturated carbocycles. The van der Waals surface area contributed by atoms with Gasteiger partial charge >= 0.3 is 5.97 Å². The molecule has 0 amide bonds. The smallest absolute Gasteiger partial charge is 0.311 e. The van der Waals surface area contributed by atoms with E-state index in [1.165, 1.54) is 0 Å². The van der Waals surface area contributed by atoms with Gasteiger partial charge in [0, 0.05) is 32.3 Å². The number of nitrogens with zero attached hydrogens (tertiary/aromatic N) is 1. The molecule has 2 atom stereocenters. The van der Waals surface area contributed by atoms with E-state index in [9.17, 15) is 9.90 Å². The minimum Gasteiger partial charge on any atom is -0.481 e. The summed E-state index contributed by atoms with van der Waals surface area (Å²) >= 11 is 0. The first-order valence-electron chi connectivity index (χ1n) is 5.77. The molecule has 1 aliphatic carbocycles. The number of carboxylic acids is 1. The van der Waals surface area contributed by atoms with E-state index in [-0.39, 0.29) is 5.41 Å². The quantitative estimate of drug-likeness (QED) is 0.725. The van der Waals surface area contributed by atoms with Crippen LogP contribution >= 0.6 is 0 Å². The highest BCUT2D eigenvalue weighted by molar-refractivity contribution is 5.79. The summed E-state index contributed by atoms with van der Waals surface area (Å²) in [7, 11) is 0. The fourth-order valence-corrected chi connectivity index (χ4v) is 3.18. The summed E-state index contributed by atoms with van der Waals surface area (Å²) < 4.78 is 5.33. The van der Waals surface area contributed by atoms with Crippen molar-refractivity contribution in [1.82, 2.24) is 4.90 Å². The van der Waals surface area contributed by atoms with Crippen LogP contribution in [0.4, 0.5) is 0 Å². The van der Waals surface area contributed by atoms with Gasteiger partial charge in [-0.05, 0) is 25.2 Å². The van der Waals surface area contributed by atoms with Gasteiger partial charge in [-0.25, -0.2) is 0 Å². The minimum absolute atomic E-state index is 0.363. The van der Waals surface area contributed by atoms with Gasteiger partial charge in [0.25, 0.3) is 0 Å². The maximum atomic E-state index is 11.1. The fraction of sp³-hybridized carbons (Fsp3) is 0.909. The summed E-state index contributed by atoms with van der Waals surface area (Å²) in [5, 5.41) is 9.18. The number of rotatable bonds is 2. The van der Waals surface area contributed by atoms with Crippen LogP contribution in [-0.4, -0.2) is 48.3 Å². The molecule has 3 aliphatic rings. The molecule has 0 aromatic heterocycles. The summed E-state index contributed by atoms with van der Waals surface area (Å²) in [5.41, 5.74) is -0.363. The number of aliphatic carboxylic acids is 1. The van der Waals surface area contributed by atoms with Crippen molar-refractivity contribution in [2.75, 3.05) is 26.3 Å². The van der Waals surface area contributed by atoms with Gasteiger partial charge < -0.3 is 9.84 Å². The molecule has 0 bridgehead atoms. The molecule has 0 spiro atoms. The Labute approximate surface area is 89.2 Å². The molecule has 1 N–H and O–H groups in total. The number of piperidine rings is 1. The van der Waals surface area contributed by atoms with Crippen LogP contribution in [-0.2, 0) is 9.53 Å². The molecule has 2 saturated heterocycles. The van der Waals surface area contributed by atoms with E-state index in [0.717, 1.165) is 45.6 Å². The molecular weight excluding hydrogens is 194 g/mol. The molecule has 2 heterocycles. The third-order valence-electron chi connectivity index (χ3n) is 4.31. The number of carbonyl (C=O) groups is 1. The second-order valence-electron chi connectivity index (χ2n) is 5.14. The molecule has 2 aliphatic heterocycles. The average molecular weight is 211 g/mol. The number of hydrogen-bond donors (Lipinski definition) is 1. The number of hydrogen-bond acceptors (Lipinski definition) is 3. The van der Waals surface area contributed by atoms with E-state index in [1.54, 1.807) is 0 Å². The fourth-order valence-electron chi connectivity index (χ4n) is 3.18. The molecule has 4 nitrogen and oxygen atoms in total. The standard InChI is InChI=1S/C11H17NO3/c13-10(14)11-5-8(11)6-12(7-11)9-1-3-15-4-2-9/h8-9H,1-7H2,(H,13,14). The molecule has 2 unspecified atom stereocenters. The number of fused-ring (bicyclic) bond motifs is 1. The number of likely N-dealkylation sites (tertiary alicyclic amines) is 1. The van der Waals surface area contributed by atoms with Crippen LogP contribution in [0.25, 0.3) is 0 Å². The van der Waals surface area contributed by atoms with Crippen molar-refractivity contribution < 1.29 is 14.6 Å². The molecule has 0 aromatic rings. The molecular formula is C11H17NO3. The van der Waals surface area contributed by atoms with Gasteiger partial charge in [-0.15, -0.1) is 0 Å². The zero-order valence-electron chi connectivity index (χ0n) is 8.82. The van der Waals surface area contributed by atoms with Gasteiger partial charge in [-0.3, -0.25) is 9.69 Å². The van der Waals surface area contributed by atoms with E-state index in [0.29, 0.717) is 12.0 Å². The molecule has 4 heteroatoms. The van der Waals surface area contributed by atoms with Crippen molar-refractivity contribution in [1.29, 1.82) is 0 Å². The first-order chi connectivity index (χ1) is 7.22. The Morgan fingerprint density at radius 3 is 2.73 bits per heavy atom. The predicted octanol–water partition coefficient (Wildman–Crippen LogP) is 0.572. The van der Waals surface area contributed by atoms with Crippen molar-refractivity contribution >= 4 is 5.97 Å². The maximum Gasteiger partial charge on any atom is 0.311 e. The number of carboxylic acid groups (broad SMARTS) is 1. The van der Waals surface area contributed by atoms with Crippen molar-refractivity contribution in [3.05, 3.63) is 0 Å². The molecule has 15 heavy (non-hydrogen) atoms. The van der Waals surface area contributed by atoms with E-state index in [2.05, 4.69) is 4.90 Å². The van der Waals surface area contributed by atoms with Crippen molar-refractivity contribution in [3.63, 3.8) is 0 Å². The van der Waals surface area contributed by atoms with Crippen molar-refractivity contribution in [2.24, 2.45) is 11.3 Å². The highest BCUT2D eigenvalue weighted by Crippen LogP contribution is 2.58. The van der Waals surface area contributed by atoms with E-state index < -0.39 is 5.97 Å². The third kappa shape index (κ3) is 1.39. The van der Waals surface area contributed by atoms with E-state index >= 15 is 0 Å². The zero-order valence-corrected chi connectivity index (χ0v) is 8.82. The van der Waals surface area contributed by atoms with Crippen LogP contribution in [0.2, 0.25) is 0 Å². The monoisotopic (exact) mass is 211 g/mol. The summed E-state index contributed by atoms with van der Waals surface area (Å²) in [5.74, 6) is -0.153. The van der Waals surface area contributed by atoms with E-state index in [1.807, 2.05) is 0 Å². The Bertz CT molecular complexity index is 288. The zero-order chi connectivity index (χ0) is 10.5. The summed E-state index contributed by atoms with van der Waals surface area (Å²) in [4.78, 5) is 13.5. The van der Waals surface area contributed by atoms with Gasteiger partial charge in [0.2, 0.25) is 0 Å². The topological polar surface area (TPSA) is 49.8 Å². The molecule has 3 fully saturated rings. The Kier molecular flexibility index (Phi) is 2.04. The normalized spacial score (nSPS) is 41.5. The largest absolute Gasteiger partial charge is 0.481 e. The second-order valence-corrected chi connectivity index (χ2v) is 5.14. The van der Waals surface area contributed by atoms with E-state index in [4.69, 9.17) is 4.74 Å². The van der Waals surface area contributed by atoms with Crippen LogP contribution in [0.15, 0.2) is 0 Å². The molecule has 0 radical (unpaired) electrons. The lowest BCUT2D eigenvalue weighted by atomic mass is 10.0. The first-order valence-corrected chi connectivity index (χ1v) is 5.77. The van der Waals surface area contributed by atoms with Crippen LogP contribution in [0.3, 0.4) is 0 Å². The molecule has 0 aromatic carbocycles. The van der Waals surface area contributed by atoms with Gasteiger partial charge in [0.1, 0.15) is 0 Å². The van der Waals surface area contributed by atoms with Gasteiger partial charge in [-0.2, -0.15) is 0 Å². The first kappa shape index (κ1) is 9.60. The van der Waals surface area contributed by atoms with Crippen LogP contribution in [0.1, 0.15) is 19.3 Å². The lowest BCUT2D eigenvalue weighted by molar-refractivity contribution is -0.143. The van der Waals surface area contributed by atoms with Crippen LogP contribution in [0, 0.1) is 11.3 Å². The number of ether oxygens (including phenoxy) is 1.